The van der Waals surface area contributed by atoms with Crippen LogP contribution in [0.25, 0.3) is 11.1 Å². The molecule has 0 bridgehead atoms. The molecule has 0 radical (unpaired) electrons. The van der Waals surface area contributed by atoms with Gasteiger partial charge in [-0.2, -0.15) is 0 Å². The van der Waals surface area contributed by atoms with E-state index in [2.05, 4.69) is 74.7 Å². The van der Waals surface area contributed by atoms with E-state index >= 15 is 14.4 Å². The highest BCUT2D eigenvalue weighted by Crippen LogP contribution is 2.58. The van der Waals surface area contributed by atoms with Crippen LogP contribution in [0.2, 0.25) is 0 Å². The molecule has 6 unspecified atom stereocenters. The molecule has 7 nitrogen and oxygen atoms in total. The molecule has 332 valence electrons. The SMILES string of the molecule is Cc1cccc(C2=CC(C3CCCNC3)C(CCO)(C(=O)C3(CCO)C=C(C(=O)c4ccccc4)C(c4cccc(C)c4C)=CC3C3CCCNC3)C=C2C(=O)c2ccccc2)c1C. The second-order valence-corrected chi connectivity index (χ2v) is 18.8. The summed E-state index contributed by atoms with van der Waals surface area (Å²) in [5.41, 5.74) is 6.92. The van der Waals surface area contributed by atoms with Gasteiger partial charge in [-0.3, -0.25) is 14.4 Å². The lowest BCUT2D eigenvalue weighted by Crippen LogP contribution is -2.56. The van der Waals surface area contributed by atoms with E-state index in [1.54, 1.807) is 0 Å². The van der Waals surface area contributed by atoms with Gasteiger partial charge in [0.05, 0.1) is 10.8 Å². The zero-order valence-corrected chi connectivity index (χ0v) is 38.0. The Morgan fingerprint density at radius 3 is 1.33 bits per heavy atom. The minimum absolute atomic E-state index is 0.00555. The van der Waals surface area contributed by atoms with Gasteiger partial charge in [0.2, 0.25) is 0 Å². The Labute approximate surface area is 379 Å². The molecule has 4 aromatic rings. The van der Waals surface area contributed by atoms with Crippen molar-refractivity contribution >= 4 is 28.5 Å². The topological polar surface area (TPSA) is 116 Å². The number of hydrogen-bond donors (Lipinski definition) is 4. The van der Waals surface area contributed by atoms with Crippen LogP contribution in [0.3, 0.4) is 0 Å². The fourth-order valence-electron chi connectivity index (χ4n) is 11.5. The number of benzene rings is 4. The van der Waals surface area contributed by atoms with E-state index in [0.717, 1.165) is 83.3 Å². The average molecular weight is 857 g/mol. The minimum Gasteiger partial charge on any atom is -0.396 e. The Morgan fingerprint density at radius 2 is 0.969 bits per heavy atom. The minimum atomic E-state index is -1.39. The number of nitrogens with one attached hydrogen (secondary N) is 2. The Kier molecular flexibility index (Phi) is 13.7. The highest BCUT2D eigenvalue weighted by atomic mass is 16.3. The number of hydrogen-bond acceptors (Lipinski definition) is 7. The van der Waals surface area contributed by atoms with Gasteiger partial charge in [-0.05, 0) is 161 Å². The van der Waals surface area contributed by atoms with Gasteiger partial charge in [-0.25, -0.2) is 0 Å². The van der Waals surface area contributed by atoms with E-state index in [4.69, 9.17) is 0 Å². The first-order chi connectivity index (χ1) is 31.0. The van der Waals surface area contributed by atoms with E-state index in [1.165, 1.54) is 0 Å². The van der Waals surface area contributed by atoms with Crippen molar-refractivity contribution in [2.24, 2.45) is 34.5 Å². The smallest absolute Gasteiger partial charge is 0.193 e. The van der Waals surface area contributed by atoms with Crippen LogP contribution in [0.5, 0.6) is 0 Å². The zero-order chi connectivity index (χ0) is 45.0. The Morgan fingerprint density at radius 1 is 0.562 bits per heavy atom. The molecule has 0 spiro atoms. The summed E-state index contributed by atoms with van der Waals surface area (Å²) in [6.45, 7) is 10.8. The lowest BCUT2D eigenvalue weighted by Gasteiger charge is -2.52. The molecule has 6 atom stereocenters. The van der Waals surface area contributed by atoms with Gasteiger partial charge in [-0.1, -0.05) is 121 Å². The van der Waals surface area contributed by atoms with Crippen LogP contribution in [-0.4, -0.2) is 67.0 Å². The molecular weight excluding hydrogens is 793 g/mol. The fraction of sp³-hybridized carbons (Fsp3) is 0.386. The number of carbonyl (C=O) groups is 3. The molecular formula is C57H64N2O5. The number of ketones is 3. The predicted octanol–water partition coefficient (Wildman–Crippen LogP) is 9.57. The number of carbonyl (C=O) groups excluding carboxylic acids is 3. The highest BCUT2D eigenvalue weighted by molar-refractivity contribution is 6.21. The standard InChI is InChI=1S/C57H64N2O5/c1-37-15-11-23-45(39(37)3)47-31-51(43-21-13-27-58-35-43)56(25-29-60,33-49(47)53(62)41-17-7-5-8-18-41)55(64)57(26-30-61)34-50(54(63)42-19-9-6-10-20-42)48(46-24-12-16-38(2)40(46)4)32-52(57)44-22-14-28-59-36-44/h5-12,15-20,23-24,31-34,43-44,51-52,58-61H,13-14,21-22,25-30,35-36H2,1-4H3. The maximum atomic E-state index is 17.2. The van der Waals surface area contributed by atoms with Crippen molar-refractivity contribution in [3.63, 3.8) is 0 Å². The van der Waals surface area contributed by atoms with Crippen molar-refractivity contribution < 1.29 is 24.6 Å². The van der Waals surface area contributed by atoms with Crippen LogP contribution in [0.4, 0.5) is 0 Å². The maximum Gasteiger partial charge on any atom is 0.193 e. The average Bonchev–Trinajstić information content (AvgIpc) is 3.33. The molecule has 2 fully saturated rings. The number of allylic oxidation sites excluding steroid dienone is 8. The van der Waals surface area contributed by atoms with Crippen LogP contribution in [0.15, 0.2) is 133 Å². The van der Waals surface area contributed by atoms with E-state index in [9.17, 15) is 10.2 Å². The zero-order valence-electron chi connectivity index (χ0n) is 38.0. The van der Waals surface area contributed by atoms with Crippen molar-refractivity contribution in [3.05, 3.63) is 177 Å². The van der Waals surface area contributed by atoms with E-state index in [-0.39, 0.29) is 55.2 Å². The molecule has 0 saturated carbocycles. The summed E-state index contributed by atoms with van der Waals surface area (Å²) < 4.78 is 0. The van der Waals surface area contributed by atoms with Crippen LogP contribution in [0.1, 0.15) is 92.6 Å². The molecule has 2 aliphatic heterocycles. The van der Waals surface area contributed by atoms with E-state index in [1.807, 2.05) is 84.9 Å². The summed E-state index contributed by atoms with van der Waals surface area (Å²) >= 11 is 0. The first-order valence-corrected chi connectivity index (χ1v) is 23.5. The third-order valence-electron chi connectivity index (χ3n) is 15.2. The first kappa shape index (κ1) is 45.3. The van der Waals surface area contributed by atoms with Crippen molar-refractivity contribution in [2.45, 2.75) is 66.2 Å². The molecule has 2 aliphatic carbocycles. The van der Waals surface area contributed by atoms with Gasteiger partial charge in [0.25, 0.3) is 0 Å². The monoisotopic (exact) mass is 856 g/mol. The Balaban J connectivity index is 1.44. The Bertz CT molecular complexity index is 2330. The summed E-state index contributed by atoms with van der Waals surface area (Å²) in [5, 5.41) is 30.0. The Hall–Kier alpha value is -5.31. The number of Topliss-reactive ketones (excluding diaryl/α,β-unsaturated/α-hetero) is 3. The molecule has 2 saturated heterocycles. The molecule has 0 amide bonds. The van der Waals surface area contributed by atoms with Crippen molar-refractivity contribution in [2.75, 3.05) is 39.4 Å². The lowest BCUT2D eigenvalue weighted by atomic mass is 9.50. The number of aryl methyl sites for hydroxylation is 2. The largest absolute Gasteiger partial charge is 0.396 e. The van der Waals surface area contributed by atoms with Gasteiger partial charge in [0.15, 0.2) is 17.3 Å². The van der Waals surface area contributed by atoms with Crippen molar-refractivity contribution in [1.29, 1.82) is 0 Å². The second kappa shape index (κ2) is 19.4. The van der Waals surface area contributed by atoms with Crippen LogP contribution >= 0.6 is 0 Å². The van der Waals surface area contributed by atoms with E-state index in [0.29, 0.717) is 35.4 Å². The highest BCUT2D eigenvalue weighted by Gasteiger charge is 2.59. The predicted molar refractivity (Wildman–Crippen MR) is 257 cm³/mol. The normalized spacial score (nSPS) is 26.0. The van der Waals surface area contributed by atoms with Crippen molar-refractivity contribution in [1.82, 2.24) is 10.6 Å². The number of piperidine rings is 2. The third kappa shape index (κ3) is 8.40. The molecule has 4 aliphatic rings. The number of aliphatic hydroxyl groups excluding tert-OH is 2. The maximum absolute atomic E-state index is 17.2. The summed E-state index contributed by atoms with van der Waals surface area (Å²) in [5.74, 6) is -1.39. The van der Waals surface area contributed by atoms with Gasteiger partial charge >= 0.3 is 0 Å². The number of aliphatic hydroxyl groups is 2. The molecule has 8 rings (SSSR count). The summed E-state index contributed by atoms with van der Waals surface area (Å²) in [6.07, 6.45) is 12.0. The third-order valence-corrected chi connectivity index (χ3v) is 15.2. The summed E-state index contributed by atoms with van der Waals surface area (Å²) in [4.78, 5) is 47.6. The number of rotatable bonds is 14. The molecule has 7 heteroatoms. The van der Waals surface area contributed by atoms with Crippen LogP contribution in [-0.2, 0) is 4.79 Å². The van der Waals surface area contributed by atoms with Crippen LogP contribution in [0, 0.1) is 62.2 Å². The molecule has 0 aromatic heterocycles. The first-order valence-electron chi connectivity index (χ1n) is 23.5. The summed E-state index contributed by atoms with van der Waals surface area (Å²) in [6, 6.07) is 30.8. The van der Waals surface area contributed by atoms with Gasteiger partial charge in [0.1, 0.15) is 0 Å². The fourth-order valence-corrected chi connectivity index (χ4v) is 11.5. The van der Waals surface area contributed by atoms with Gasteiger partial charge in [-0.15, -0.1) is 0 Å². The molecule has 64 heavy (non-hydrogen) atoms. The van der Waals surface area contributed by atoms with Crippen molar-refractivity contribution in [3.8, 4) is 0 Å². The van der Waals surface area contributed by atoms with E-state index < -0.39 is 22.7 Å². The molecule has 4 aromatic carbocycles. The van der Waals surface area contributed by atoms with Gasteiger partial charge < -0.3 is 20.8 Å². The quantitative estimate of drug-likeness (QED) is 0.0935. The summed E-state index contributed by atoms with van der Waals surface area (Å²) in [7, 11) is 0. The molecule has 4 N–H and O–H groups in total. The second-order valence-electron chi connectivity index (χ2n) is 18.8. The lowest BCUT2D eigenvalue weighted by molar-refractivity contribution is -0.142. The van der Waals surface area contributed by atoms with Gasteiger partial charge in [0, 0.05) is 35.5 Å². The van der Waals surface area contributed by atoms with Crippen LogP contribution < -0.4 is 10.6 Å². The molecule has 2 heterocycles.